The second-order valence-electron chi connectivity index (χ2n) is 6.50. The van der Waals surface area contributed by atoms with Gasteiger partial charge in [-0.15, -0.1) is 4.40 Å². The average Bonchev–Trinajstić information content (AvgIpc) is 2.81. The molecular formula is C19H19N3O5S. The van der Waals surface area contributed by atoms with Crippen LogP contribution in [0.25, 0.3) is 0 Å². The second-order valence-corrected chi connectivity index (χ2v) is 8.07. The largest absolute Gasteiger partial charge is 0.490 e. The minimum absolute atomic E-state index is 0.0584. The lowest BCUT2D eigenvalue weighted by atomic mass is 10.2. The van der Waals surface area contributed by atoms with E-state index in [0.717, 1.165) is 6.42 Å². The molecule has 2 aliphatic heterocycles. The molecule has 0 saturated carbocycles. The van der Waals surface area contributed by atoms with Crippen LogP contribution in [0.4, 0.5) is 5.69 Å². The van der Waals surface area contributed by atoms with E-state index in [-0.39, 0.29) is 23.2 Å². The third-order valence-corrected chi connectivity index (χ3v) is 5.71. The molecule has 2 aliphatic rings. The average molecular weight is 401 g/mol. The third kappa shape index (κ3) is 3.53. The molecule has 1 amide bonds. The van der Waals surface area contributed by atoms with Crippen molar-refractivity contribution in [3.05, 3.63) is 48.0 Å². The van der Waals surface area contributed by atoms with Gasteiger partial charge in [0.2, 0.25) is 5.91 Å². The van der Waals surface area contributed by atoms with Gasteiger partial charge in [-0.2, -0.15) is 8.42 Å². The van der Waals surface area contributed by atoms with Crippen LogP contribution in [0.2, 0.25) is 0 Å². The number of nitrogens with zero attached hydrogens (tertiary/aromatic N) is 2. The summed E-state index contributed by atoms with van der Waals surface area (Å²) in [5, 5.41) is 2.79. The molecule has 0 atom stereocenters. The van der Waals surface area contributed by atoms with Gasteiger partial charge in [0.15, 0.2) is 17.3 Å². The van der Waals surface area contributed by atoms with Gasteiger partial charge in [0.05, 0.1) is 19.8 Å². The van der Waals surface area contributed by atoms with Crippen LogP contribution in [0.3, 0.4) is 0 Å². The first kappa shape index (κ1) is 18.3. The van der Waals surface area contributed by atoms with E-state index in [9.17, 15) is 13.2 Å². The fourth-order valence-corrected chi connectivity index (χ4v) is 4.35. The normalized spacial score (nSPS) is 16.5. The molecule has 0 bridgehead atoms. The zero-order valence-corrected chi connectivity index (χ0v) is 16.0. The van der Waals surface area contributed by atoms with Crippen LogP contribution >= 0.6 is 0 Å². The summed E-state index contributed by atoms with van der Waals surface area (Å²) in [6, 6.07) is 11.8. The van der Waals surface area contributed by atoms with Crippen molar-refractivity contribution in [3.8, 4) is 11.5 Å². The molecule has 0 fully saturated rings. The minimum Gasteiger partial charge on any atom is -0.490 e. The van der Waals surface area contributed by atoms with E-state index >= 15 is 0 Å². The Morgan fingerprint density at radius 2 is 1.89 bits per heavy atom. The van der Waals surface area contributed by atoms with Gasteiger partial charge in [-0.3, -0.25) is 4.79 Å². The first-order valence-electron chi connectivity index (χ1n) is 8.79. The Labute approximate surface area is 162 Å². The summed E-state index contributed by atoms with van der Waals surface area (Å²) >= 11 is 0. The van der Waals surface area contributed by atoms with E-state index in [0.29, 0.717) is 36.0 Å². The van der Waals surface area contributed by atoms with Crippen molar-refractivity contribution in [1.29, 1.82) is 0 Å². The number of rotatable bonds is 3. The zero-order chi connectivity index (χ0) is 19.7. The van der Waals surface area contributed by atoms with E-state index in [1.807, 2.05) is 0 Å². The lowest BCUT2D eigenvalue weighted by Crippen LogP contribution is -2.34. The molecule has 4 rings (SSSR count). The molecule has 0 aromatic heterocycles. The first-order chi connectivity index (χ1) is 13.4. The number of hydrogen-bond acceptors (Lipinski definition) is 6. The number of benzene rings is 2. The summed E-state index contributed by atoms with van der Waals surface area (Å²) in [6.45, 7) is 1.09. The topological polar surface area (TPSA) is 97.3 Å². The lowest BCUT2D eigenvalue weighted by Gasteiger charge is -2.18. The van der Waals surface area contributed by atoms with Crippen LogP contribution in [0.15, 0.2) is 51.8 Å². The molecule has 0 spiro atoms. The zero-order valence-electron chi connectivity index (χ0n) is 15.2. The van der Waals surface area contributed by atoms with Crippen molar-refractivity contribution in [3.63, 3.8) is 0 Å². The molecule has 1 N–H and O–H groups in total. The Morgan fingerprint density at radius 1 is 1.14 bits per heavy atom. The number of amidine groups is 1. The van der Waals surface area contributed by atoms with E-state index in [2.05, 4.69) is 9.71 Å². The Bertz CT molecular complexity index is 1060. The van der Waals surface area contributed by atoms with Crippen molar-refractivity contribution < 1.29 is 22.7 Å². The molecule has 2 aromatic carbocycles. The molecule has 28 heavy (non-hydrogen) atoms. The van der Waals surface area contributed by atoms with Crippen LogP contribution in [-0.2, 0) is 14.8 Å². The van der Waals surface area contributed by atoms with Crippen molar-refractivity contribution in [1.82, 2.24) is 4.90 Å². The molecule has 2 aromatic rings. The van der Waals surface area contributed by atoms with Gasteiger partial charge >= 0.3 is 0 Å². The molecule has 9 heteroatoms. The van der Waals surface area contributed by atoms with Gasteiger partial charge in [0, 0.05) is 30.8 Å². The van der Waals surface area contributed by atoms with Crippen molar-refractivity contribution in [2.45, 2.75) is 11.3 Å². The van der Waals surface area contributed by atoms with Crippen LogP contribution in [0, 0.1) is 0 Å². The highest BCUT2D eigenvalue weighted by Gasteiger charge is 2.30. The highest BCUT2D eigenvalue weighted by molar-refractivity contribution is 7.90. The number of hydrogen-bond donors (Lipinski definition) is 1. The molecule has 0 aliphatic carbocycles. The Balaban J connectivity index is 1.47. The number of likely N-dealkylation sites (N-methyl/N-ethyl adjacent to an activating group) is 1. The van der Waals surface area contributed by atoms with Gasteiger partial charge in [0.25, 0.3) is 10.0 Å². The number of ether oxygens (including phenoxy) is 2. The lowest BCUT2D eigenvalue weighted by molar-refractivity contribution is -0.116. The first-order valence-corrected chi connectivity index (χ1v) is 10.2. The quantitative estimate of drug-likeness (QED) is 0.843. The molecule has 0 saturated heterocycles. The van der Waals surface area contributed by atoms with Crippen LogP contribution in [-0.4, -0.2) is 51.9 Å². The number of sulfonamides is 1. The third-order valence-electron chi connectivity index (χ3n) is 4.39. The summed E-state index contributed by atoms with van der Waals surface area (Å²) in [7, 11) is -2.10. The SMILES string of the molecule is CN(CC(=O)Nc1ccc2c(c1)OCCCO2)C1=NS(=O)(=O)c2ccccc21. The number of nitrogens with one attached hydrogen (secondary N) is 1. The number of carbonyl (C=O) groups excluding carboxylic acids is 1. The van der Waals surface area contributed by atoms with Gasteiger partial charge in [-0.1, -0.05) is 12.1 Å². The predicted molar refractivity (Wildman–Crippen MR) is 103 cm³/mol. The maximum Gasteiger partial charge on any atom is 0.285 e. The van der Waals surface area contributed by atoms with Crippen molar-refractivity contribution >= 4 is 27.5 Å². The van der Waals surface area contributed by atoms with Gasteiger partial charge < -0.3 is 19.7 Å². The maximum atomic E-state index is 12.5. The fourth-order valence-electron chi connectivity index (χ4n) is 3.10. The maximum absolute atomic E-state index is 12.5. The highest BCUT2D eigenvalue weighted by Crippen LogP contribution is 2.32. The van der Waals surface area contributed by atoms with Crippen molar-refractivity contribution in [2.75, 3.05) is 32.1 Å². The number of carbonyl (C=O) groups is 1. The van der Waals surface area contributed by atoms with Crippen LogP contribution < -0.4 is 14.8 Å². The Morgan fingerprint density at radius 3 is 2.71 bits per heavy atom. The Kier molecular flexibility index (Phi) is 4.68. The predicted octanol–water partition coefficient (Wildman–Crippen LogP) is 1.87. The minimum atomic E-state index is -3.72. The van der Waals surface area contributed by atoms with E-state index in [1.54, 1.807) is 43.4 Å². The summed E-state index contributed by atoms with van der Waals surface area (Å²) in [5.41, 5.74) is 1.07. The van der Waals surface area contributed by atoms with Gasteiger partial charge in [-0.05, 0) is 24.3 Å². The van der Waals surface area contributed by atoms with E-state index in [4.69, 9.17) is 9.47 Å². The van der Waals surface area contributed by atoms with Crippen molar-refractivity contribution in [2.24, 2.45) is 4.40 Å². The molecular weight excluding hydrogens is 382 g/mol. The molecule has 8 nitrogen and oxygen atoms in total. The monoisotopic (exact) mass is 401 g/mol. The molecule has 0 radical (unpaired) electrons. The summed E-state index contributed by atoms with van der Waals surface area (Å²) in [4.78, 5) is 14.1. The van der Waals surface area contributed by atoms with E-state index < -0.39 is 10.0 Å². The summed E-state index contributed by atoms with van der Waals surface area (Å²) in [5.74, 6) is 1.18. The fraction of sp³-hybridized carbons (Fsp3) is 0.263. The number of fused-ring (bicyclic) bond motifs is 2. The summed E-state index contributed by atoms with van der Waals surface area (Å²) < 4.78 is 39.3. The van der Waals surface area contributed by atoms with Gasteiger partial charge in [-0.25, -0.2) is 0 Å². The van der Waals surface area contributed by atoms with E-state index in [1.165, 1.54) is 11.0 Å². The number of amides is 1. The summed E-state index contributed by atoms with van der Waals surface area (Å²) in [6.07, 6.45) is 0.799. The van der Waals surface area contributed by atoms with Crippen LogP contribution in [0.1, 0.15) is 12.0 Å². The van der Waals surface area contributed by atoms with Crippen LogP contribution in [0.5, 0.6) is 11.5 Å². The number of anilines is 1. The molecule has 146 valence electrons. The molecule has 2 heterocycles. The standard InChI is InChI=1S/C19H19N3O5S/c1-22(19-14-5-2-3-6-17(14)28(24,25)21-19)12-18(23)20-13-7-8-15-16(11-13)27-10-4-9-26-15/h2-3,5-8,11H,4,9-10,12H2,1H3,(H,20,23). The highest BCUT2D eigenvalue weighted by atomic mass is 32.2. The van der Waals surface area contributed by atoms with Gasteiger partial charge in [0.1, 0.15) is 4.90 Å². The second kappa shape index (κ2) is 7.16. The Hall–Kier alpha value is -3.07. The molecule has 0 unspecified atom stereocenters. The smallest absolute Gasteiger partial charge is 0.285 e.